The first kappa shape index (κ1) is 16.2. The standard InChI is InChI=1S/C16H16FNO3S/c17-12-5-3-11(4-6-12)14(16(20)21)10-18-15(19)8-7-13-2-1-9-22-13/h1-6,9,14H,7-8,10H2,(H,18,19)(H,20,21). The largest absolute Gasteiger partial charge is 0.481 e. The summed E-state index contributed by atoms with van der Waals surface area (Å²) in [4.78, 5) is 24.2. The van der Waals surface area contributed by atoms with Crippen molar-refractivity contribution in [1.29, 1.82) is 0 Å². The predicted octanol–water partition coefficient (Wildman–Crippen LogP) is 2.80. The number of rotatable bonds is 7. The Bertz CT molecular complexity index is 625. The number of hydrogen-bond donors (Lipinski definition) is 2. The lowest BCUT2D eigenvalue weighted by molar-refractivity contribution is -0.138. The smallest absolute Gasteiger partial charge is 0.312 e. The van der Waals surface area contributed by atoms with Crippen LogP contribution in [0.25, 0.3) is 0 Å². The van der Waals surface area contributed by atoms with Crippen LogP contribution in [0.15, 0.2) is 41.8 Å². The number of carboxylic acids is 1. The second kappa shape index (κ2) is 7.70. The molecule has 0 bridgehead atoms. The summed E-state index contributed by atoms with van der Waals surface area (Å²) in [7, 11) is 0. The van der Waals surface area contributed by atoms with Gasteiger partial charge in [-0.2, -0.15) is 0 Å². The molecule has 0 aliphatic heterocycles. The van der Waals surface area contributed by atoms with Gasteiger partial charge in [0.15, 0.2) is 0 Å². The van der Waals surface area contributed by atoms with E-state index in [-0.39, 0.29) is 12.5 Å². The van der Waals surface area contributed by atoms with Gasteiger partial charge in [-0.05, 0) is 35.6 Å². The number of nitrogens with one attached hydrogen (secondary N) is 1. The Kier molecular flexibility index (Phi) is 5.66. The second-order valence-electron chi connectivity index (χ2n) is 4.83. The summed E-state index contributed by atoms with van der Waals surface area (Å²) < 4.78 is 12.9. The maximum Gasteiger partial charge on any atom is 0.312 e. The molecule has 0 aliphatic rings. The number of aliphatic carboxylic acids is 1. The minimum atomic E-state index is -1.05. The molecule has 2 aromatic rings. The summed E-state index contributed by atoms with van der Waals surface area (Å²) in [5.74, 6) is -2.55. The maximum atomic E-state index is 12.9. The van der Waals surface area contributed by atoms with Gasteiger partial charge in [0.25, 0.3) is 0 Å². The Balaban J connectivity index is 1.87. The first-order valence-electron chi connectivity index (χ1n) is 6.83. The Morgan fingerprint density at radius 2 is 1.95 bits per heavy atom. The lowest BCUT2D eigenvalue weighted by atomic mass is 9.99. The van der Waals surface area contributed by atoms with Gasteiger partial charge in [0.2, 0.25) is 5.91 Å². The van der Waals surface area contributed by atoms with Crippen molar-refractivity contribution >= 4 is 23.2 Å². The molecule has 2 rings (SSSR count). The van der Waals surface area contributed by atoms with Gasteiger partial charge in [0.05, 0.1) is 5.92 Å². The Labute approximate surface area is 131 Å². The second-order valence-corrected chi connectivity index (χ2v) is 5.86. The molecule has 0 saturated heterocycles. The third-order valence-corrected chi connectivity index (χ3v) is 4.19. The van der Waals surface area contributed by atoms with E-state index < -0.39 is 17.7 Å². The molecule has 0 fully saturated rings. The summed E-state index contributed by atoms with van der Waals surface area (Å²) in [6.07, 6.45) is 0.952. The molecule has 4 nitrogen and oxygen atoms in total. The van der Waals surface area contributed by atoms with Crippen LogP contribution >= 0.6 is 11.3 Å². The van der Waals surface area contributed by atoms with Crippen LogP contribution in [0.1, 0.15) is 22.8 Å². The first-order chi connectivity index (χ1) is 10.6. The summed E-state index contributed by atoms with van der Waals surface area (Å²) in [6, 6.07) is 9.15. The van der Waals surface area contributed by atoms with E-state index in [1.807, 2.05) is 17.5 Å². The molecule has 22 heavy (non-hydrogen) atoms. The molecule has 1 aromatic heterocycles. The lowest BCUT2D eigenvalue weighted by Crippen LogP contribution is -2.31. The highest BCUT2D eigenvalue weighted by Crippen LogP contribution is 2.16. The molecule has 1 unspecified atom stereocenters. The molecule has 1 atom stereocenters. The Hall–Kier alpha value is -2.21. The summed E-state index contributed by atoms with van der Waals surface area (Å²) in [6.45, 7) is -0.00968. The number of benzene rings is 1. The quantitative estimate of drug-likeness (QED) is 0.824. The highest BCUT2D eigenvalue weighted by atomic mass is 32.1. The Morgan fingerprint density at radius 3 is 2.55 bits per heavy atom. The number of carbonyl (C=O) groups excluding carboxylic acids is 1. The normalized spacial score (nSPS) is 11.9. The molecule has 1 amide bonds. The fraction of sp³-hybridized carbons (Fsp3) is 0.250. The number of hydrogen-bond acceptors (Lipinski definition) is 3. The fourth-order valence-corrected chi connectivity index (χ4v) is 2.75. The third kappa shape index (κ3) is 4.66. The van der Waals surface area contributed by atoms with Crippen molar-refractivity contribution in [3.05, 3.63) is 58.0 Å². The van der Waals surface area contributed by atoms with Crippen molar-refractivity contribution in [2.75, 3.05) is 6.54 Å². The summed E-state index contributed by atoms with van der Waals surface area (Å²) in [5.41, 5.74) is 0.465. The number of carboxylic acid groups (broad SMARTS) is 1. The average Bonchev–Trinajstić information content (AvgIpc) is 3.00. The minimum absolute atomic E-state index is 0.00968. The molecule has 0 spiro atoms. The molecule has 0 radical (unpaired) electrons. The molecule has 0 aliphatic carbocycles. The van der Waals surface area contributed by atoms with Gasteiger partial charge >= 0.3 is 5.97 Å². The maximum absolute atomic E-state index is 12.9. The van der Waals surface area contributed by atoms with Gasteiger partial charge in [-0.1, -0.05) is 18.2 Å². The van der Waals surface area contributed by atoms with Crippen molar-refractivity contribution < 1.29 is 19.1 Å². The van der Waals surface area contributed by atoms with Crippen LogP contribution in [0.2, 0.25) is 0 Å². The lowest BCUT2D eigenvalue weighted by Gasteiger charge is -2.13. The van der Waals surface area contributed by atoms with Crippen LogP contribution in [0.3, 0.4) is 0 Å². The van der Waals surface area contributed by atoms with Gasteiger partial charge in [-0.25, -0.2) is 4.39 Å². The van der Waals surface area contributed by atoms with Crippen molar-refractivity contribution in [2.45, 2.75) is 18.8 Å². The minimum Gasteiger partial charge on any atom is -0.481 e. The summed E-state index contributed by atoms with van der Waals surface area (Å²) >= 11 is 1.58. The van der Waals surface area contributed by atoms with E-state index in [0.717, 1.165) is 4.88 Å². The van der Waals surface area contributed by atoms with E-state index in [1.165, 1.54) is 24.3 Å². The van der Waals surface area contributed by atoms with Crippen LogP contribution in [0, 0.1) is 5.82 Å². The fourth-order valence-electron chi connectivity index (χ4n) is 2.04. The highest BCUT2D eigenvalue weighted by molar-refractivity contribution is 7.09. The van der Waals surface area contributed by atoms with Crippen LogP contribution < -0.4 is 5.32 Å². The summed E-state index contributed by atoms with van der Waals surface area (Å²) in [5, 5.41) is 13.8. The van der Waals surface area contributed by atoms with E-state index in [0.29, 0.717) is 18.4 Å². The zero-order chi connectivity index (χ0) is 15.9. The topological polar surface area (TPSA) is 66.4 Å². The first-order valence-corrected chi connectivity index (χ1v) is 7.71. The van der Waals surface area contributed by atoms with Gasteiger partial charge in [0, 0.05) is 17.8 Å². The van der Waals surface area contributed by atoms with Gasteiger partial charge in [-0.15, -0.1) is 11.3 Å². The molecule has 6 heteroatoms. The zero-order valence-electron chi connectivity index (χ0n) is 11.8. The number of aryl methyl sites for hydroxylation is 1. The van der Waals surface area contributed by atoms with Crippen molar-refractivity contribution in [1.82, 2.24) is 5.32 Å². The highest BCUT2D eigenvalue weighted by Gasteiger charge is 2.20. The number of halogens is 1. The molecule has 116 valence electrons. The monoisotopic (exact) mass is 321 g/mol. The molecule has 1 aromatic carbocycles. The van der Waals surface area contributed by atoms with Gasteiger partial charge in [-0.3, -0.25) is 9.59 Å². The zero-order valence-corrected chi connectivity index (χ0v) is 12.6. The molecule has 0 saturated carbocycles. The van der Waals surface area contributed by atoms with Crippen molar-refractivity contribution in [3.63, 3.8) is 0 Å². The number of thiophene rings is 1. The number of amides is 1. The van der Waals surface area contributed by atoms with Crippen molar-refractivity contribution in [3.8, 4) is 0 Å². The predicted molar refractivity (Wildman–Crippen MR) is 82.4 cm³/mol. The van der Waals surface area contributed by atoms with Crippen LogP contribution in [-0.4, -0.2) is 23.5 Å². The van der Waals surface area contributed by atoms with E-state index >= 15 is 0 Å². The van der Waals surface area contributed by atoms with Crippen LogP contribution in [0.4, 0.5) is 4.39 Å². The average molecular weight is 321 g/mol. The van der Waals surface area contributed by atoms with E-state index in [4.69, 9.17) is 0 Å². The van der Waals surface area contributed by atoms with E-state index in [9.17, 15) is 19.1 Å². The van der Waals surface area contributed by atoms with Crippen LogP contribution in [-0.2, 0) is 16.0 Å². The third-order valence-electron chi connectivity index (χ3n) is 3.25. The van der Waals surface area contributed by atoms with E-state index in [2.05, 4.69) is 5.32 Å². The molecular formula is C16H16FNO3S. The van der Waals surface area contributed by atoms with Crippen LogP contribution in [0.5, 0.6) is 0 Å². The van der Waals surface area contributed by atoms with Gasteiger partial charge in [0.1, 0.15) is 5.82 Å². The molecule has 1 heterocycles. The Morgan fingerprint density at radius 1 is 1.23 bits per heavy atom. The van der Waals surface area contributed by atoms with Gasteiger partial charge < -0.3 is 10.4 Å². The van der Waals surface area contributed by atoms with Crippen molar-refractivity contribution in [2.24, 2.45) is 0 Å². The molecular weight excluding hydrogens is 305 g/mol. The number of carbonyl (C=O) groups is 2. The SMILES string of the molecule is O=C(CCc1cccs1)NCC(C(=O)O)c1ccc(F)cc1. The molecule has 2 N–H and O–H groups in total. The van der Waals surface area contributed by atoms with E-state index in [1.54, 1.807) is 11.3 Å².